The third-order valence-electron chi connectivity index (χ3n) is 1.59. The van der Waals surface area contributed by atoms with Gasteiger partial charge >= 0.3 is 0 Å². The van der Waals surface area contributed by atoms with E-state index >= 15 is 0 Å². The lowest BCUT2D eigenvalue weighted by Gasteiger charge is -1.96. The monoisotopic (exact) mass is 159 g/mol. The van der Waals surface area contributed by atoms with Crippen molar-refractivity contribution in [1.82, 2.24) is 9.55 Å². The van der Waals surface area contributed by atoms with Gasteiger partial charge in [-0.2, -0.15) is 0 Å². The molecule has 0 aromatic carbocycles. The van der Waals surface area contributed by atoms with Crippen molar-refractivity contribution in [2.75, 3.05) is 0 Å². The van der Waals surface area contributed by atoms with Crippen LogP contribution in [0.5, 0.6) is 0 Å². The van der Waals surface area contributed by atoms with Crippen LogP contribution in [0.15, 0.2) is 36.7 Å². The molecule has 0 aliphatic rings. The van der Waals surface area contributed by atoms with E-state index in [1.807, 2.05) is 0 Å². The molecule has 0 amide bonds. The van der Waals surface area contributed by atoms with E-state index in [2.05, 4.69) is 11.2 Å². The Kier molecular flexibility index (Phi) is 1.55. The second kappa shape index (κ2) is 2.70. The zero-order chi connectivity index (χ0) is 8.39. The van der Waals surface area contributed by atoms with E-state index in [-0.39, 0.29) is 5.91 Å². The molecule has 0 spiro atoms. The highest BCUT2D eigenvalue weighted by Crippen LogP contribution is 1.99. The average Bonchev–Trinajstić information content (AvgIpc) is 2.77. The minimum atomic E-state index is -0.0926. The molecule has 3 heteroatoms. The van der Waals surface area contributed by atoms with Gasteiger partial charge in [0, 0.05) is 12.4 Å². The molecule has 0 fully saturated rings. The van der Waals surface area contributed by atoms with E-state index in [1.165, 1.54) is 4.57 Å². The van der Waals surface area contributed by atoms with Crippen LogP contribution in [-0.4, -0.2) is 15.5 Å². The Hall–Kier alpha value is -1.77. The minimum Gasteiger partial charge on any atom is -0.357 e. The summed E-state index contributed by atoms with van der Waals surface area (Å²) in [6.45, 7) is 0. The van der Waals surface area contributed by atoms with Crippen molar-refractivity contribution in [2.45, 2.75) is 0 Å². The molecular formula is C9H7N2O. The first-order valence-corrected chi connectivity index (χ1v) is 3.61. The number of nitrogens with one attached hydrogen (secondary N) is 1. The Balaban J connectivity index is 2.34. The predicted molar refractivity (Wildman–Crippen MR) is 43.8 cm³/mol. The predicted octanol–water partition coefficient (Wildman–Crippen LogP) is 1.30. The molecule has 59 valence electrons. The maximum atomic E-state index is 11.5. The van der Waals surface area contributed by atoms with Gasteiger partial charge < -0.3 is 4.98 Å². The zero-order valence-electron chi connectivity index (χ0n) is 6.32. The summed E-state index contributed by atoms with van der Waals surface area (Å²) in [5.41, 5.74) is 0.572. The molecule has 0 unspecified atom stereocenters. The third-order valence-corrected chi connectivity index (χ3v) is 1.59. The molecule has 0 bridgehead atoms. The van der Waals surface area contributed by atoms with Crippen molar-refractivity contribution < 1.29 is 4.79 Å². The average molecular weight is 159 g/mol. The van der Waals surface area contributed by atoms with Crippen LogP contribution < -0.4 is 0 Å². The standard InChI is InChI=1S/C9H7N2O/c12-9(8-4-3-5-10-8)11-6-1-2-7-11/h1-6,10H. The number of aromatic amines is 1. The molecule has 3 nitrogen and oxygen atoms in total. The first-order valence-electron chi connectivity index (χ1n) is 3.61. The van der Waals surface area contributed by atoms with Gasteiger partial charge in [0.25, 0.3) is 5.91 Å². The summed E-state index contributed by atoms with van der Waals surface area (Å²) >= 11 is 0. The van der Waals surface area contributed by atoms with Crippen LogP contribution in [-0.2, 0) is 0 Å². The molecule has 2 aromatic heterocycles. The quantitative estimate of drug-likeness (QED) is 0.669. The topological polar surface area (TPSA) is 37.8 Å². The van der Waals surface area contributed by atoms with E-state index in [0.29, 0.717) is 5.69 Å². The van der Waals surface area contributed by atoms with Crippen LogP contribution in [0, 0.1) is 6.20 Å². The Morgan fingerprint density at radius 3 is 3.00 bits per heavy atom. The maximum Gasteiger partial charge on any atom is 0.278 e. The highest BCUT2D eigenvalue weighted by molar-refractivity contribution is 5.94. The van der Waals surface area contributed by atoms with Crippen LogP contribution in [0.2, 0.25) is 0 Å². The third kappa shape index (κ3) is 1.05. The number of hydrogen-bond donors (Lipinski definition) is 1. The lowest BCUT2D eigenvalue weighted by atomic mass is 10.4. The van der Waals surface area contributed by atoms with E-state index < -0.39 is 0 Å². The summed E-state index contributed by atoms with van der Waals surface area (Å²) in [7, 11) is 0. The van der Waals surface area contributed by atoms with Gasteiger partial charge in [-0.1, -0.05) is 0 Å². The van der Waals surface area contributed by atoms with Crippen LogP contribution in [0.3, 0.4) is 0 Å². The molecule has 2 rings (SSSR count). The van der Waals surface area contributed by atoms with Crippen LogP contribution >= 0.6 is 0 Å². The van der Waals surface area contributed by atoms with E-state index in [0.717, 1.165) is 0 Å². The SMILES string of the molecule is O=C(c1ccc[nH]1)n1[c]ccc1. The Morgan fingerprint density at radius 1 is 1.50 bits per heavy atom. The normalized spacial score (nSPS) is 10.0. The largest absolute Gasteiger partial charge is 0.357 e. The molecule has 2 heterocycles. The van der Waals surface area contributed by atoms with Crippen molar-refractivity contribution in [2.24, 2.45) is 0 Å². The van der Waals surface area contributed by atoms with Gasteiger partial charge in [-0.05, 0) is 24.3 Å². The van der Waals surface area contributed by atoms with E-state index in [9.17, 15) is 4.79 Å². The molecule has 0 saturated carbocycles. The molecule has 0 saturated heterocycles. The fourth-order valence-electron chi connectivity index (χ4n) is 1.01. The van der Waals surface area contributed by atoms with Gasteiger partial charge in [0.1, 0.15) is 5.69 Å². The van der Waals surface area contributed by atoms with Crippen molar-refractivity contribution >= 4 is 5.91 Å². The van der Waals surface area contributed by atoms with Crippen molar-refractivity contribution in [3.05, 3.63) is 48.5 Å². The molecular weight excluding hydrogens is 152 g/mol. The van der Waals surface area contributed by atoms with Crippen molar-refractivity contribution in [1.29, 1.82) is 0 Å². The number of hydrogen-bond acceptors (Lipinski definition) is 1. The molecule has 2 aromatic rings. The number of carbonyl (C=O) groups is 1. The van der Waals surface area contributed by atoms with Crippen LogP contribution in [0.4, 0.5) is 0 Å². The summed E-state index contributed by atoms with van der Waals surface area (Å²) in [6, 6.07) is 6.98. The number of rotatable bonds is 1. The molecule has 1 radical (unpaired) electrons. The van der Waals surface area contributed by atoms with Crippen LogP contribution in [0.25, 0.3) is 0 Å². The number of carbonyl (C=O) groups excluding carboxylic acids is 1. The Labute approximate surface area is 69.6 Å². The lowest BCUT2D eigenvalue weighted by molar-refractivity contribution is 0.0955. The molecule has 0 aliphatic carbocycles. The molecule has 12 heavy (non-hydrogen) atoms. The van der Waals surface area contributed by atoms with Gasteiger partial charge in [-0.3, -0.25) is 9.36 Å². The Morgan fingerprint density at radius 2 is 2.42 bits per heavy atom. The molecule has 1 N–H and O–H groups in total. The van der Waals surface area contributed by atoms with Gasteiger partial charge in [0.2, 0.25) is 0 Å². The highest BCUT2D eigenvalue weighted by atomic mass is 16.2. The first-order chi connectivity index (χ1) is 5.88. The summed E-state index contributed by atoms with van der Waals surface area (Å²) in [5, 5.41) is 0. The fourth-order valence-corrected chi connectivity index (χ4v) is 1.01. The van der Waals surface area contributed by atoms with Gasteiger partial charge in [-0.15, -0.1) is 0 Å². The highest BCUT2D eigenvalue weighted by Gasteiger charge is 2.06. The zero-order valence-corrected chi connectivity index (χ0v) is 6.32. The molecule has 0 atom stereocenters. The van der Waals surface area contributed by atoms with Gasteiger partial charge in [-0.25, -0.2) is 0 Å². The second-order valence-electron chi connectivity index (χ2n) is 2.40. The number of nitrogens with zero attached hydrogens (tertiary/aromatic N) is 1. The smallest absolute Gasteiger partial charge is 0.278 e. The molecule has 0 aliphatic heterocycles. The van der Waals surface area contributed by atoms with Gasteiger partial charge in [0.15, 0.2) is 0 Å². The second-order valence-corrected chi connectivity index (χ2v) is 2.40. The maximum absolute atomic E-state index is 11.5. The van der Waals surface area contributed by atoms with E-state index in [1.54, 1.807) is 36.7 Å². The first kappa shape index (κ1) is 6.91. The van der Waals surface area contributed by atoms with Gasteiger partial charge in [0.05, 0.1) is 6.20 Å². The minimum absolute atomic E-state index is 0.0926. The van der Waals surface area contributed by atoms with Crippen molar-refractivity contribution in [3.63, 3.8) is 0 Å². The summed E-state index contributed by atoms with van der Waals surface area (Å²) in [5.74, 6) is -0.0926. The number of aromatic nitrogens is 2. The fraction of sp³-hybridized carbons (Fsp3) is 0. The summed E-state index contributed by atoms with van der Waals surface area (Å²) < 4.78 is 1.41. The van der Waals surface area contributed by atoms with Crippen LogP contribution in [0.1, 0.15) is 10.5 Å². The Bertz CT molecular complexity index is 323. The van der Waals surface area contributed by atoms with Crippen molar-refractivity contribution in [3.8, 4) is 0 Å². The van der Waals surface area contributed by atoms with E-state index in [4.69, 9.17) is 0 Å². The number of H-pyrrole nitrogens is 1. The summed E-state index contributed by atoms with van der Waals surface area (Å²) in [6.07, 6.45) is 6.16. The summed E-state index contributed by atoms with van der Waals surface area (Å²) in [4.78, 5) is 14.3. The lowest BCUT2D eigenvalue weighted by Crippen LogP contribution is -2.09.